The van der Waals surface area contributed by atoms with Crippen LogP contribution in [0, 0.1) is 4.64 Å². The number of unbranched alkanes of at least 4 members (excludes halogenated alkanes) is 1. The standard InChI is InChI=1S/C20H20N4S/c1-2-3-8-17(21)19-16(14-6-4-9-22-12-14)11-18(24-20(19)25)15-7-5-10-23-13-15/h4-13H,2-3,21H2,1H3,(H,24,25)/b17-8-. The van der Waals surface area contributed by atoms with E-state index in [0.717, 1.165) is 40.8 Å². The van der Waals surface area contributed by atoms with Crippen LogP contribution in [0.15, 0.2) is 61.2 Å². The molecular weight excluding hydrogens is 328 g/mol. The van der Waals surface area contributed by atoms with Gasteiger partial charge in [-0.05, 0) is 36.2 Å². The van der Waals surface area contributed by atoms with Gasteiger partial charge in [0.25, 0.3) is 0 Å². The highest BCUT2D eigenvalue weighted by atomic mass is 32.1. The van der Waals surface area contributed by atoms with Crippen LogP contribution in [0.5, 0.6) is 0 Å². The second kappa shape index (κ2) is 7.85. The molecule has 0 unspecified atom stereocenters. The van der Waals surface area contributed by atoms with Crippen molar-refractivity contribution in [2.24, 2.45) is 5.73 Å². The molecule has 3 N–H and O–H groups in total. The van der Waals surface area contributed by atoms with Crippen molar-refractivity contribution in [3.8, 4) is 22.4 Å². The number of rotatable bonds is 5. The van der Waals surface area contributed by atoms with Crippen molar-refractivity contribution >= 4 is 17.9 Å². The fourth-order valence-corrected chi connectivity index (χ4v) is 3.01. The quantitative estimate of drug-likeness (QED) is 0.639. The minimum atomic E-state index is 0.616. The second-order valence-corrected chi connectivity index (χ2v) is 6.14. The first-order valence-corrected chi connectivity index (χ1v) is 8.65. The Morgan fingerprint density at radius 1 is 1.16 bits per heavy atom. The molecule has 3 rings (SSSR count). The number of aromatic nitrogens is 3. The van der Waals surface area contributed by atoms with Crippen molar-refractivity contribution in [1.82, 2.24) is 15.0 Å². The molecule has 0 atom stereocenters. The molecule has 0 saturated carbocycles. The van der Waals surface area contributed by atoms with Crippen molar-refractivity contribution in [2.45, 2.75) is 19.8 Å². The van der Waals surface area contributed by atoms with Crippen LogP contribution in [-0.4, -0.2) is 15.0 Å². The minimum absolute atomic E-state index is 0.616. The molecule has 0 spiro atoms. The lowest BCUT2D eigenvalue weighted by Gasteiger charge is -2.13. The van der Waals surface area contributed by atoms with Gasteiger partial charge in [0.2, 0.25) is 0 Å². The largest absolute Gasteiger partial charge is 0.398 e. The van der Waals surface area contributed by atoms with Crippen molar-refractivity contribution < 1.29 is 0 Å². The van der Waals surface area contributed by atoms with Gasteiger partial charge in [-0.3, -0.25) is 9.97 Å². The highest BCUT2D eigenvalue weighted by molar-refractivity contribution is 7.71. The van der Waals surface area contributed by atoms with Crippen molar-refractivity contribution in [3.05, 3.63) is 71.4 Å². The van der Waals surface area contributed by atoms with E-state index in [1.165, 1.54) is 0 Å². The van der Waals surface area contributed by atoms with Crippen LogP contribution in [0.3, 0.4) is 0 Å². The number of pyridine rings is 3. The van der Waals surface area contributed by atoms with Crippen molar-refractivity contribution in [1.29, 1.82) is 0 Å². The number of allylic oxidation sites excluding steroid dienone is 1. The van der Waals surface area contributed by atoms with Crippen LogP contribution in [0.1, 0.15) is 25.3 Å². The van der Waals surface area contributed by atoms with Crippen LogP contribution in [0.4, 0.5) is 0 Å². The van der Waals surface area contributed by atoms with Gasteiger partial charge in [-0.1, -0.05) is 37.7 Å². The average molecular weight is 348 g/mol. The van der Waals surface area contributed by atoms with Gasteiger partial charge in [-0.2, -0.15) is 0 Å². The Balaban J connectivity index is 2.23. The fraction of sp³-hybridized carbons (Fsp3) is 0.150. The van der Waals surface area contributed by atoms with Gasteiger partial charge in [-0.15, -0.1) is 0 Å². The van der Waals surface area contributed by atoms with Crippen LogP contribution in [0.25, 0.3) is 28.1 Å². The summed E-state index contributed by atoms with van der Waals surface area (Å²) in [6.07, 6.45) is 11.1. The zero-order valence-corrected chi connectivity index (χ0v) is 14.9. The Labute approximate surface area is 152 Å². The van der Waals surface area contributed by atoms with Gasteiger partial charge in [0.05, 0.1) is 0 Å². The first kappa shape index (κ1) is 17.0. The summed E-state index contributed by atoms with van der Waals surface area (Å²) in [5.74, 6) is 0. The highest BCUT2D eigenvalue weighted by Crippen LogP contribution is 2.31. The first-order valence-electron chi connectivity index (χ1n) is 8.25. The molecule has 0 radical (unpaired) electrons. The maximum Gasteiger partial charge on any atom is 0.113 e. The zero-order valence-electron chi connectivity index (χ0n) is 14.1. The summed E-state index contributed by atoms with van der Waals surface area (Å²) in [7, 11) is 0. The predicted octanol–water partition coefficient (Wildman–Crippen LogP) is 4.97. The Bertz CT molecular complexity index is 931. The van der Waals surface area contributed by atoms with E-state index in [1.54, 1.807) is 12.4 Å². The van der Waals surface area contributed by atoms with E-state index in [4.69, 9.17) is 18.0 Å². The van der Waals surface area contributed by atoms with Gasteiger partial charge in [0, 0.05) is 52.9 Å². The third kappa shape index (κ3) is 3.83. The topological polar surface area (TPSA) is 67.6 Å². The Hall–Kier alpha value is -2.79. The van der Waals surface area contributed by atoms with Gasteiger partial charge in [-0.25, -0.2) is 0 Å². The molecule has 0 aliphatic carbocycles. The Morgan fingerprint density at radius 2 is 1.84 bits per heavy atom. The molecule has 0 aliphatic heterocycles. The molecular formula is C20H20N4S. The first-order chi connectivity index (χ1) is 12.2. The number of nitrogens with zero attached hydrogens (tertiary/aromatic N) is 2. The molecule has 0 aliphatic rings. The highest BCUT2D eigenvalue weighted by Gasteiger charge is 2.13. The third-order valence-corrected chi connectivity index (χ3v) is 4.23. The fourth-order valence-electron chi connectivity index (χ4n) is 2.68. The third-order valence-electron chi connectivity index (χ3n) is 3.92. The molecule has 0 bridgehead atoms. The molecule has 3 aromatic rings. The summed E-state index contributed by atoms with van der Waals surface area (Å²) in [6, 6.07) is 9.89. The summed E-state index contributed by atoms with van der Waals surface area (Å²) in [4.78, 5) is 11.7. The van der Waals surface area contributed by atoms with E-state index in [-0.39, 0.29) is 0 Å². The molecule has 25 heavy (non-hydrogen) atoms. The molecule has 126 valence electrons. The summed E-state index contributed by atoms with van der Waals surface area (Å²) < 4.78 is 0.616. The lowest BCUT2D eigenvalue weighted by molar-refractivity contribution is 0.958. The molecule has 4 nitrogen and oxygen atoms in total. The number of nitrogens with one attached hydrogen (secondary N) is 1. The van der Waals surface area contributed by atoms with Crippen molar-refractivity contribution in [3.63, 3.8) is 0 Å². The lowest BCUT2D eigenvalue weighted by Crippen LogP contribution is -2.03. The molecule has 3 aromatic heterocycles. The monoisotopic (exact) mass is 348 g/mol. The van der Waals surface area contributed by atoms with Gasteiger partial charge >= 0.3 is 0 Å². The number of aromatic amines is 1. The van der Waals surface area contributed by atoms with E-state index in [1.807, 2.05) is 42.7 Å². The van der Waals surface area contributed by atoms with E-state index >= 15 is 0 Å². The molecule has 5 heteroatoms. The molecule has 0 saturated heterocycles. The van der Waals surface area contributed by atoms with Crippen LogP contribution in [-0.2, 0) is 0 Å². The number of H-pyrrole nitrogens is 1. The molecule has 0 fully saturated rings. The second-order valence-electron chi connectivity index (χ2n) is 5.73. The predicted molar refractivity (Wildman–Crippen MR) is 105 cm³/mol. The zero-order chi connectivity index (χ0) is 17.6. The van der Waals surface area contributed by atoms with Gasteiger partial charge in [0.15, 0.2) is 0 Å². The SMILES string of the molecule is CCC/C=C(\N)c1c(-c2cccnc2)cc(-c2cccnc2)[nH]c1=S. The average Bonchev–Trinajstić information content (AvgIpc) is 2.67. The summed E-state index contributed by atoms with van der Waals surface area (Å²) >= 11 is 5.64. The normalized spacial score (nSPS) is 11.5. The minimum Gasteiger partial charge on any atom is -0.398 e. The van der Waals surface area contributed by atoms with Gasteiger partial charge in [0.1, 0.15) is 4.64 Å². The maximum atomic E-state index is 6.35. The smallest absolute Gasteiger partial charge is 0.113 e. The Morgan fingerprint density at radius 3 is 2.44 bits per heavy atom. The molecule has 0 aromatic carbocycles. The maximum absolute atomic E-state index is 6.35. The molecule has 0 amide bonds. The van der Waals surface area contributed by atoms with Crippen LogP contribution < -0.4 is 5.73 Å². The van der Waals surface area contributed by atoms with E-state index < -0.39 is 0 Å². The summed E-state index contributed by atoms with van der Waals surface area (Å²) in [6.45, 7) is 2.12. The molecule has 3 heterocycles. The summed E-state index contributed by atoms with van der Waals surface area (Å²) in [5, 5.41) is 0. The van der Waals surface area contributed by atoms with E-state index in [0.29, 0.717) is 10.3 Å². The van der Waals surface area contributed by atoms with Crippen molar-refractivity contribution in [2.75, 3.05) is 0 Å². The number of hydrogen-bond donors (Lipinski definition) is 2. The Kier molecular flexibility index (Phi) is 5.36. The van der Waals surface area contributed by atoms with Crippen LogP contribution >= 0.6 is 12.2 Å². The van der Waals surface area contributed by atoms with E-state index in [2.05, 4.69) is 27.9 Å². The lowest BCUT2D eigenvalue weighted by atomic mass is 9.98. The number of hydrogen-bond acceptors (Lipinski definition) is 4. The van der Waals surface area contributed by atoms with E-state index in [9.17, 15) is 0 Å². The number of nitrogens with two attached hydrogens (primary N) is 1. The summed E-state index contributed by atoms with van der Waals surface area (Å²) in [5.41, 5.74) is 11.7. The van der Waals surface area contributed by atoms with Gasteiger partial charge < -0.3 is 10.7 Å². The van der Waals surface area contributed by atoms with Crippen LogP contribution in [0.2, 0.25) is 0 Å².